The van der Waals surface area contributed by atoms with Gasteiger partial charge in [-0.25, -0.2) is 4.79 Å². The molecule has 1 aromatic heterocycles. The van der Waals surface area contributed by atoms with Crippen molar-refractivity contribution in [1.82, 2.24) is 14.5 Å². The van der Waals surface area contributed by atoms with Crippen molar-refractivity contribution in [3.8, 4) is 0 Å². The SMILES string of the molecule is O=C1OCC[C@@H]1N1CCC(n2c(=O)[nH]c3ccccc32)CC1. The zero-order valence-electron chi connectivity index (χ0n) is 12.3. The van der Waals surface area contributed by atoms with E-state index in [1.807, 2.05) is 28.8 Å². The van der Waals surface area contributed by atoms with Gasteiger partial charge >= 0.3 is 11.7 Å². The number of aromatic amines is 1. The Morgan fingerprint density at radius 2 is 1.86 bits per heavy atom. The van der Waals surface area contributed by atoms with Gasteiger partial charge in [0.15, 0.2) is 0 Å². The minimum Gasteiger partial charge on any atom is -0.464 e. The van der Waals surface area contributed by atoms with Gasteiger partial charge in [-0.3, -0.25) is 14.3 Å². The summed E-state index contributed by atoms with van der Waals surface area (Å²) in [6.45, 7) is 2.19. The molecule has 4 rings (SSSR count). The molecular weight excluding hydrogens is 282 g/mol. The van der Waals surface area contributed by atoms with Crippen molar-refractivity contribution in [1.29, 1.82) is 0 Å². The van der Waals surface area contributed by atoms with E-state index in [-0.39, 0.29) is 23.7 Å². The van der Waals surface area contributed by atoms with Crippen molar-refractivity contribution in [2.45, 2.75) is 31.3 Å². The van der Waals surface area contributed by atoms with Crippen molar-refractivity contribution in [3.05, 3.63) is 34.7 Å². The number of carbonyl (C=O) groups excluding carboxylic acids is 1. The number of hydrogen-bond acceptors (Lipinski definition) is 4. The smallest absolute Gasteiger partial charge is 0.326 e. The third kappa shape index (κ3) is 2.14. The molecule has 1 aromatic carbocycles. The first-order valence-corrected chi connectivity index (χ1v) is 7.84. The van der Waals surface area contributed by atoms with Crippen molar-refractivity contribution < 1.29 is 9.53 Å². The number of imidazole rings is 1. The number of rotatable bonds is 2. The first-order valence-electron chi connectivity index (χ1n) is 7.84. The molecular formula is C16H19N3O3. The number of para-hydroxylation sites is 2. The third-order valence-corrected chi connectivity index (χ3v) is 4.84. The fourth-order valence-electron chi connectivity index (χ4n) is 3.71. The number of carbonyl (C=O) groups is 1. The number of cyclic esters (lactones) is 1. The molecule has 1 N–H and O–H groups in total. The number of fused-ring (bicyclic) bond motifs is 1. The van der Waals surface area contributed by atoms with Crippen LogP contribution in [0.4, 0.5) is 0 Å². The molecule has 2 aromatic rings. The lowest BCUT2D eigenvalue weighted by Crippen LogP contribution is -2.44. The largest absolute Gasteiger partial charge is 0.464 e. The summed E-state index contributed by atoms with van der Waals surface area (Å²) in [6.07, 6.45) is 2.55. The molecule has 0 bridgehead atoms. The van der Waals surface area contributed by atoms with E-state index in [1.54, 1.807) is 0 Å². The third-order valence-electron chi connectivity index (χ3n) is 4.84. The highest BCUT2D eigenvalue weighted by molar-refractivity contribution is 5.77. The average molecular weight is 301 g/mol. The molecule has 0 unspecified atom stereocenters. The molecule has 0 aliphatic carbocycles. The van der Waals surface area contributed by atoms with E-state index in [0.29, 0.717) is 6.61 Å². The van der Waals surface area contributed by atoms with Gasteiger partial charge in [-0.05, 0) is 25.0 Å². The molecule has 0 amide bonds. The zero-order chi connectivity index (χ0) is 15.1. The summed E-state index contributed by atoms with van der Waals surface area (Å²) in [5.74, 6) is -0.0947. The molecule has 2 fully saturated rings. The van der Waals surface area contributed by atoms with Crippen LogP contribution in [0, 0.1) is 0 Å². The lowest BCUT2D eigenvalue weighted by atomic mass is 10.0. The summed E-state index contributed by atoms with van der Waals surface area (Å²) in [7, 11) is 0. The van der Waals surface area contributed by atoms with Crippen LogP contribution < -0.4 is 5.69 Å². The number of aromatic nitrogens is 2. The number of nitrogens with zero attached hydrogens (tertiary/aromatic N) is 2. The fraction of sp³-hybridized carbons (Fsp3) is 0.500. The molecule has 2 saturated heterocycles. The van der Waals surface area contributed by atoms with E-state index >= 15 is 0 Å². The van der Waals surface area contributed by atoms with E-state index in [4.69, 9.17) is 4.74 Å². The Morgan fingerprint density at radius 1 is 1.09 bits per heavy atom. The maximum Gasteiger partial charge on any atom is 0.326 e. The Kier molecular flexibility index (Phi) is 3.26. The highest BCUT2D eigenvalue weighted by Gasteiger charge is 2.35. The summed E-state index contributed by atoms with van der Waals surface area (Å²) in [5, 5.41) is 0. The molecule has 0 saturated carbocycles. The minimum absolute atomic E-state index is 0.0417. The molecule has 2 aliphatic heterocycles. The van der Waals surface area contributed by atoms with Gasteiger partial charge in [-0.1, -0.05) is 12.1 Å². The molecule has 6 heteroatoms. The van der Waals surface area contributed by atoms with Gasteiger partial charge in [0, 0.05) is 25.6 Å². The van der Waals surface area contributed by atoms with Crippen LogP contribution in [-0.4, -0.2) is 46.2 Å². The van der Waals surface area contributed by atoms with Gasteiger partial charge in [-0.15, -0.1) is 0 Å². The van der Waals surface area contributed by atoms with E-state index in [2.05, 4.69) is 9.88 Å². The van der Waals surface area contributed by atoms with Crippen molar-refractivity contribution in [2.75, 3.05) is 19.7 Å². The highest BCUT2D eigenvalue weighted by Crippen LogP contribution is 2.27. The van der Waals surface area contributed by atoms with E-state index < -0.39 is 0 Å². The molecule has 3 heterocycles. The van der Waals surface area contributed by atoms with E-state index in [0.717, 1.165) is 43.4 Å². The molecule has 1 atom stereocenters. The van der Waals surface area contributed by atoms with Gasteiger partial charge in [0.25, 0.3) is 0 Å². The second kappa shape index (κ2) is 5.28. The van der Waals surface area contributed by atoms with Crippen LogP contribution in [0.1, 0.15) is 25.3 Å². The second-order valence-electron chi connectivity index (χ2n) is 6.06. The number of esters is 1. The molecule has 2 aliphatic rings. The highest BCUT2D eigenvalue weighted by atomic mass is 16.5. The monoisotopic (exact) mass is 301 g/mol. The predicted molar refractivity (Wildman–Crippen MR) is 81.8 cm³/mol. The molecule has 22 heavy (non-hydrogen) atoms. The first kappa shape index (κ1) is 13.6. The number of hydrogen-bond donors (Lipinski definition) is 1. The van der Waals surface area contributed by atoms with Crippen LogP contribution in [0.15, 0.2) is 29.1 Å². The van der Waals surface area contributed by atoms with Crippen molar-refractivity contribution >= 4 is 17.0 Å². The summed E-state index contributed by atoms with van der Waals surface area (Å²) in [4.78, 5) is 29.1. The quantitative estimate of drug-likeness (QED) is 0.849. The van der Waals surface area contributed by atoms with Crippen LogP contribution in [-0.2, 0) is 9.53 Å². The zero-order valence-corrected chi connectivity index (χ0v) is 12.3. The van der Waals surface area contributed by atoms with E-state index in [1.165, 1.54) is 0 Å². The van der Waals surface area contributed by atoms with Crippen molar-refractivity contribution in [2.24, 2.45) is 0 Å². The number of piperidine rings is 1. The topological polar surface area (TPSA) is 67.3 Å². The van der Waals surface area contributed by atoms with Gasteiger partial charge in [0.1, 0.15) is 6.04 Å². The molecule has 116 valence electrons. The molecule has 0 spiro atoms. The summed E-state index contributed by atoms with van der Waals surface area (Å²) >= 11 is 0. The number of likely N-dealkylation sites (tertiary alicyclic amines) is 1. The van der Waals surface area contributed by atoms with Crippen LogP contribution in [0.3, 0.4) is 0 Å². The standard InChI is InChI=1S/C16H19N3O3/c20-15-14(7-10-22-15)18-8-5-11(6-9-18)19-13-4-2-1-3-12(13)17-16(19)21/h1-4,11,14H,5-10H2,(H,17,21)/t14-/m0/s1. The fourth-order valence-corrected chi connectivity index (χ4v) is 3.71. The Morgan fingerprint density at radius 3 is 2.59 bits per heavy atom. The average Bonchev–Trinajstić information content (AvgIpc) is 3.10. The second-order valence-corrected chi connectivity index (χ2v) is 6.06. The summed E-state index contributed by atoms with van der Waals surface area (Å²) < 4.78 is 6.93. The first-order chi connectivity index (χ1) is 10.7. The number of H-pyrrole nitrogens is 1. The molecule has 6 nitrogen and oxygen atoms in total. The number of nitrogens with one attached hydrogen (secondary N) is 1. The Balaban J connectivity index is 1.54. The van der Waals surface area contributed by atoms with Crippen LogP contribution >= 0.6 is 0 Å². The Bertz CT molecular complexity index is 755. The maximum atomic E-state index is 12.2. The van der Waals surface area contributed by atoms with Crippen LogP contribution in [0.25, 0.3) is 11.0 Å². The summed E-state index contributed by atoms with van der Waals surface area (Å²) in [6, 6.07) is 7.90. The number of ether oxygens (including phenoxy) is 1. The maximum absolute atomic E-state index is 12.2. The van der Waals surface area contributed by atoms with E-state index in [9.17, 15) is 9.59 Å². The predicted octanol–water partition coefficient (Wildman–Crippen LogP) is 1.28. The molecule has 0 radical (unpaired) electrons. The van der Waals surface area contributed by atoms with Gasteiger partial charge in [0.2, 0.25) is 0 Å². The van der Waals surface area contributed by atoms with Gasteiger partial charge < -0.3 is 9.72 Å². The van der Waals surface area contributed by atoms with Crippen LogP contribution in [0.5, 0.6) is 0 Å². The Labute approximate surface area is 127 Å². The van der Waals surface area contributed by atoms with Gasteiger partial charge in [0.05, 0.1) is 17.6 Å². The summed E-state index contributed by atoms with van der Waals surface area (Å²) in [5.41, 5.74) is 1.81. The lowest BCUT2D eigenvalue weighted by molar-refractivity contribution is -0.142. The van der Waals surface area contributed by atoms with Crippen LogP contribution in [0.2, 0.25) is 0 Å². The minimum atomic E-state index is -0.0947. The van der Waals surface area contributed by atoms with Gasteiger partial charge in [-0.2, -0.15) is 0 Å². The Hall–Kier alpha value is -2.08. The normalized spacial score (nSPS) is 24.0. The van der Waals surface area contributed by atoms with Crippen molar-refractivity contribution in [3.63, 3.8) is 0 Å². The lowest BCUT2D eigenvalue weighted by Gasteiger charge is -2.34. The number of benzene rings is 1.